The summed E-state index contributed by atoms with van der Waals surface area (Å²) < 4.78 is 5.44. The fourth-order valence-electron chi connectivity index (χ4n) is 2.89. The molecule has 2 aromatic rings. The number of halogens is 1. The maximum atomic E-state index is 5.96. The van der Waals surface area contributed by atoms with Crippen molar-refractivity contribution >= 4 is 28.2 Å². The largest absolute Gasteiger partial charge is 0.496 e. The Labute approximate surface area is 124 Å². The Bertz CT molecular complexity index is 594. The van der Waals surface area contributed by atoms with Crippen molar-refractivity contribution in [2.24, 2.45) is 5.92 Å². The normalized spacial score (nSPS) is 16.6. The third-order valence-electron chi connectivity index (χ3n) is 4.10. The van der Waals surface area contributed by atoms with Gasteiger partial charge in [-0.3, -0.25) is 0 Å². The standard InChI is InChI=1S/C16H19ClN2O/c1-20-15-4-2-3-14-13(15)5-8-18-16(14)19-9-6-12(11-17)7-10-19/h2-5,8,12H,6-7,9-11H2,1H3. The van der Waals surface area contributed by atoms with Gasteiger partial charge in [0.05, 0.1) is 7.11 Å². The van der Waals surface area contributed by atoms with E-state index in [-0.39, 0.29) is 0 Å². The predicted molar refractivity (Wildman–Crippen MR) is 84.0 cm³/mol. The first-order chi connectivity index (χ1) is 9.83. The monoisotopic (exact) mass is 290 g/mol. The van der Waals surface area contributed by atoms with Gasteiger partial charge in [-0.15, -0.1) is 11.6 Å². The summed E-state index contributed by atoms with van der Waals surface area (Å²) in [5.41, 5.74) is 0. The van der Waals surface area contributed by atoms with Gasteiger partial charge in [0.1, 0.15) is 11.6 Å². The lowest BCUT2D eigenvalue weighted by Gasteiger charge is -2.32. The van der Waals surface area contributed by atoms with E-state index in [0.29, 0.717) is 5.92 Å². The van der Waals surface area contributed by atoms with Crippen molar-refractivity contribution in [3.05, 3.63) is 30.5 Å². The second-order valence-corrected chi connectivity index (χ2v) is 5.58. The van der Waals surface area contributed by atoms with Gasteiger partial charge in [-0.2, -0.15) is 0 Å². The zero-order chi connectivity index (χ0) is 13.9. The van der Waals surface area contributed by atoms with E-state index in [1.165, 1.54) is 0 Å². The van der Waals surface area contributed by atoms with E-state index in [1.807, 2.05) is 24.4 Å². The highest BCUT2D eigenvalue weighted by atomic mass is 35.5. The highest BCUT2D eigenvalue weighted by Crippen LogP contribution is 2.32. The van der Waals surface area contributed by atoms with Crippen LogP contribution in [0, 0.1) is 5.92 Å². The van der Waals surface area contributed by atoms with Crippen LogP contribution < -0.4 is 9.64 Å². The Morgan fingerprint density at radius 1 is 1.25 bits per heavy atom. The summed E-state index contributed by atoms with van der Waals surface area (Å²) in [5.74, 6) is 3.39. The van der Waals surface area contributed by atoms with E-state index in [1.54, 1.807) is 7.11 Å². The molecule has 3 rings (SSSR count). The Morgan fingerprint density at radius 2 is 2.05 bits per heavy atom. The quantitative estimate of drug-likeness (QED) is 0.806. The first kappa shape index (κ1) is 13.5. The lowest BCUT2D eigenvalue weighted by molar-refractivity contribution is 0.419. The molecular weight excluding hydrogens is 272 g/mol. The van der Waals surface area contributed by atoms with Crippen molar-refractivity contribution in [1.82, 2.24) is 4.98 Å². The summed E-state index contributed by atoms with van der Waals surface area (Å²) in [6.45, 7) is 2.06. The number of hydrogen-bond acceptors (Lipinski definition) is 3. The average Bonchev–Trinajstić information content (AvgIpc) is 2.54. The fraction of sp³-hybridized carbons (Fsp3) is 0.438. The minimum atomic E-state index is 0.650. The summed E-state index contributed by atoms with van der Waals surface area (Å²) in [4.78, 5) is 6.96. The number of anilines is 1. The number of ether oxygens (including phenoxy) is 1. The zero-order valence-corrected chi connectivity index (χ0v) is 12.4. The fourth-order valence-corrected chi connectivity index (χ4v) is 3.20. The molecule has 0 atom stereocenters. The lowest BCUT2D eigenvalue weighted by Crippen LogP contribution is -2.34. The van der Waals surface area contributed by atoms with E-state index in [4.69, 9.17) is 16.3 Å². The molecule has 2 heterocycles. The first-order valence-corrected chi connectivity index (χ1v) is 7.59. The highest BCUT2D eigenvalue weighted by molar-refractivity contribution is 6.18. The van der Waals surface area contributed by atoms with Crippen LogP contribution in [-0.2, 0) is 0 Å². The molecule has 1 fully saturated rings. The maximum absolute atomic E-state index is 5.96. The molecular formula is C16H19ClN2O. The van der Waals surface area contributed by atoms with Crippen LogP contribution in [-0.4, -0.2) is 31.1 Å². The minimum Gasteiger partial charge on any atom is -0.496 e. The molecule has 0 amide bonds. The Hall–Kier alpha value is -1.48. The average molecular weight is 291 g/mol. The van der Waals surface area contributed by atoms with Gasteiger partial charge in [-0.05, 0) is 30.9 Å². The van der Waals surface area contributed by atoms with Gasteiger partial charge in [-0.25, -0.2) is 4.98 Å². The third-order valence-corrected chi connectivity index (χ3v) is 4.53. The molecule has 0 radical (unpaired) electrons. The van der Waals surface area contributed by atoms with Gasteiger partial charge in [0.15, 0.2) is 0 Å². The van der Waals surface area contributed by atoms with Gasteiger partial charge in [-0.1, -0.05) is 12.1 Å². The van der Waals surface area contributed by atoms with Crippen molar-refractivity contribution in [3.8, 4) is 5.75 Å². The number of rotatable bonds is 3. The molecule has 0 saturated carbocycles. The van der Waals surface area contributed by atoms with Crippen LogP contribution in [0.2, 0.25) is 0 Å². The van der Waals surface area contributed by atoms with E-state index in [9.17, 15) is 0 Å². The summed E-state index contributed by atoms with van der Waals surface area (Å²) in [5, 5.41) is 2.29. The van der Waals surface area contributed by atoms with Crippen molar-refractivity contribution in [1.29, 1.82) is 0 Å². The summed E-state index contributed by atoms with van der Waals surface area (Å²) in [6.07, 6.45) is 4.16. The van der Waals surface area contributed by atoms with E-state index >= 15 is 0 Å². The van der Waals surface area contributed by atoms with Crippen molar-refractivity contribution in [2.45, 2.75) is 12.8 Å². The second-order valence-electron chi connectivity index (χ2n) is 5.27. The van der Waals surface area contributed by atoms with Gasteiger partial charge in [0.25, 0.3) is 0 Å². The van der Waals surface area contributed by atoms with Crippen LogP contribution >= 0.6 is 11.6 Å². The van der Waals surface area contributed by atoms with E-state index < -0.39 is 0 Å². The van der Waals surface area contributed by atoms with Crippen LogP contribution in [0.4, 0.5) is 5.82 Å². The maximum Gasteiger partial charge on any atom is 0.136 e. The van der Waals surface area contributed by atoms with Gasteiger partial charge < -0.3 is 9.64 Å². The molecule has 1 saturated heterocycles. The van der Waals surface area contributed by atoms with Gasteiger partial charge >= 0.3 is 0 Å². The summed E-state index contributed by atoms with van der Waals surface area (Å²) in [7, 11) is 1.71. The molecule has 1 aliphatic heterocycles. The molecule has 106 valence electrons. The molecule has 0 unspecified atom stereocenters. The van der Waals surface area contributed by atoms with Crippen LogP contribution in [0.25, 0.3) is 10.8 Å². The second kappa shape index (κ2) is 5.88. The number of piperidine rings is 1. The number of alkyl halides is 1. The zero-order valence-electron chi connectivity index (χ0n) is 11.7. The molecule has 1 aromatic carbocycles. The van der Waals surface area contributed by atoms with Crippen LogP contribution in [0.15, 0.2) is 30.5 Å². The Balaban J connectivity index is 1.96. The number of benzene rings is 1. The number of fused-ring (bicyclic) bond motifs is 1. The number of nitrogens with zero attached hydrogens (tertiary/aromatic N) is 2. The topological polar surface area (TPSA) is 25.4 Å². The van der Waals surface area contributed by atoms with Crippen LogP contribution in [0.1, 0.15) is 12.8 Å². The molecule has 4 heteroatoms. The number of aromatic nitrogens is 1. The lowest BCUT2D eigenvalue weighted by atomic mass is 9.98. The number of hydrogen-bond donors (Lipinski definition) is 0. The van der Waals surface area contributed by atoms with E-state index in [2.05, 4.69) is 16.0 Å². The minimum absolute atomic E-state index is 0.650. The van der Waals surface area contributed by atoms with Crippen molar-refractivity contribution in [2.75, 3.05) is 31.0 Å². The Kier molecular flexibility index (Phi) is 3.97. The van der Waals surface area contributed by atoms with Gasteiger partial charge in [0, 0.05) is 35.9 Å². The summed E-state index contributed by atoms with van der Waals surface area (Å²) >= 11 is 5.96. The van der Waals surface area contributed by atoms with Crippen LogP contribution in [0.3, 0.4) is 0 Å². The van der Waals surface area contributed by atoms with Crippen LogP contribution in [0.5, 0.6) is 5.75 Å². The molecule has 0 spiro atoms. The SMILES string of the molecule is COc1cccc2c(N3CCC(CCl)CC3)nccc12. The molecule has 0 N–H and O–H groups in total. The van der Waals surface area contributed by atoms with Gasteiger partial charge in [0.2, 0.25) is 0 Å². The molecule has 1 aliphatic rings. The van der Waals surface area contributed by atoms with Crippen molar-refractivity contribution in [3.63, 3.8) is 0 Å². The smallest absolute Gasteiger partial charge is 0.136 e. The van der Waals surface area contributed by atoms with E-state index in [0.717, 1.165) is 54.2 Å². The Morgan fingerprint density at radius 3 is 2.75 bits per heavy atom. The third kappa shape index (κ3) is 2.42. The molecule has 3 nitrogen and oxygen atoms in total. The first-order valence-electron chi connectivity index (χ1n) is 7.06. The molecule has 1 aromatic heterocycles. The molecule has 20 heavy (non-hydrogen) atoms. The van der Waals surface area contributed by atoms with Crippen molar-refractivity contribution < 1.29 is 4.74 Å². The molecule has 0 bridgehead atoms. The summed E-state index contributed by atoms with van der Waals surface area (Å²) in [6, 6.07) is 8.15. The number of methoxy groups -OCH3 is 1. The number of pyridine rings is 1. The highest BCUT2D eigenvalue weighted by Gasteiger charge is 2.21. The molecule has 0 aliphatic carbocycles. The predicted octanol–water partition coefficient (Wildman–Crippen LogP) is 3.70.